The standard InChI is InChI=1S/C25H37F/c1-3-4-5-18-7-8-20-16-22(10-9-19(20)15-18)24-13-11-21-14-17(2)6-12-23(21)25(24)26/h11,13,17-20,22H,3-10,12,14-16H2,1-2H3. The molecule has 26 heavy (non-hydrogen) atoms. The van der Waals surface area contributed by atoms with Crippen LogP contribution in [0.4, 0.5) is 4.39 Å². The molecule has 0 aliphatic heterocycles. The van der Waals surface area contributed by atoms with Gasteiger partial charge in [0.25, 0.3) is 0 Å². The van der Waals surface area contributed by atoms with Crippen molar-refractivity contribution in [1.82, 2.24) is 0 Å². The maximum atomic E-state index is 15.3. The van der Waals surface area contributed by atoms with Crippen LogP contribution < -0.4 is 0 Å². The Bertz CT molecular complexity index is 619. The second-order valence-corrected chi connectivity index (χ2v) is 9.81. The van der Waals surface area contributed by atoms with Crippen LogP contribution in [0.5, 0.6) is 0 Å². The molecule has 0 spiro atoms. The van der Waals surface area contributed by atoms with Crippen molar-refractivity contribution in [3.8, 4) is 0 Å². The third-order valence-electron chi connectivity index (χ3n) is 7.95. The van der Waals surface area contributed by atoms with Crippen molar-refractivity contribution in [2.75, 3.05) is 0 Å². The third-order valence-corrected chi connectivity index (χ3v) is 7.95. The highest BCUT2D eigenvalue weighted by atomic mass is 19.1. The van der Waals surface area contributed by atoms with Crippen LogP contribution in [0.2, 0.25) is 0 Å². The summed E-state index contributed by atoms with van der Waals surface area (Å²) in [6.45, 7) is 4.61. The second-order valence-electron chi connectivity index (χ2n) is 9.81. The van der Waals surface area contributed by atoms with E-state index in [1.807, 2.05) is 0 Å². The summed E-state index contributed by atoms with van der Waals surface area (Å²) in [5.74, 6) is 4.15. The SMILES string of the molecule is CCCCC1CCC2CC(c3ccc4c(c3F)CCC(C)C4)CCC2C1. The monoisotopic (exact) mass is 356 g/mol. The summed E-state index contributed by atoms with van der Waals surface area (Å²) in [5.41, 5.74) is 3.41. The smallest absolute Gasteiger partial charge is 0.130 e. The molecule has 0 saturated heterocycles. The van der Waals surface area contributed by atoms with Gasteiger partial charge in [-0.05, 0) is 97.6 Å². The number of unbranched alkanes of at least 4 members (excludes halogenated alkanes) is 1. The molecule has 2 saturated carbocycles. The molecule has 5 unspecified atom stereocenters. The van der Waals surface area contributed by atoms with Gasteiger partial charge >= 0.3 is 0 Å². The van der Waals surface area contributed by atoms with Gasteiger partial charge in [-0.1, -0.05) is 51.7 Å². The number of hydrogen-bond donors (Lipinski definition) is 0. The van der Waals surface area contributed by atoms with Gasteiger partial charge < -0.3 is 0 Å². The van der Waals surface area contributed by atoms with Gasteiger partial charge in [-0.15, -0.1) is 0 Å². The minimum absolute atomic E-state index is 0.175. The predicted octanol–water partition coefficient (Wildman–Crippen LogP) is 7.44. The van der Waals surface area contributed by atoms with Crippen LogP contribution in [0.25, 0.3) is 0 Å². The first kappa shape index (κ1) is 18.5. The Morgan fingerprint density at radius 3 is 2.65 bits per heavy atom. The number of hydrogen-bond acceptors (Lipinski definition) is 0. The van der Waals surface area contributed by atoms with Gasteiger partial charge in [-0.2, -0.15) is 0 Å². The van der Waals surface area contributed by atoms with Crippen molar-refractivity contribution in [2.45, 2.75) is 96.8 Å². The average Bonchev–Trinajstić information content (AvgIpc) is 2.66. The van der Waals surface area contributed by atoms with Crippen LogP contribution in [-0.4, -0.2) is 0 Å². The molecular weight excluding hydrogens is 319 g/mol. The first-order chi connectivity index (χ1) is 12.7. The molecule has 1 aromatic rings. The lowest BCUT2D eigenvalue weighted by Crippen LogP contribution is -2.31. The van der Waals surface area contributed by atoms with Crippen LogP contribution in [-0.2, 0) is 12.8 Å². The van der Waals surface area contributed by atoms with E-state index in [0.29, 0.717) is 11.8 Å². The molecule has 3 aliphatic carbocycles. The van der Waals surface area contributed by atoms with Crippen molar-refractivity contribution in [1.29, 1.82) is 0 Å². The van der Waals surface area contributed by atoms with E-state index in [-0.39, 0.29) is 5.82 Å². The summed E-state index contributed by atoms with van der Waals surface area (Å²) in [7, 11) is 0. The first-order valence-corrected chi connectivity index (χ1v) is 11.5. The van der Waals surface area contributed by atoms with Crippen molar-refractivity contribution in [3.63, 3.8) is 0 Å². The Balaban J connectivity index is 1.43. The van der Waals surface area contributed by atoms with Crippen molar-refractivity contribution < 1.29 is 4.39 Å². The van der Waals surface area contributed by atoms with E-state index in [2.05, 4.69) is 26.0 Å². The Labute approximate surface area is 160 Å². The van der Waals surface area contributed by atoms with Crippen LogP contribution >= 0.6 is 0 Å². The minimum atomic E-state index is 0.175. The molecule has 4 rings (SSSR count). The lowest BCUT2D eigenvalue weighted by Gasteiger charge is -2.42. The number of rotatable bonds is 4. The zero-order chi connectivity index (χ0) is 18.1. The molecule has 0 aromatic heterocycles. The summed E-state index contributed by atoms with van der Waals surface area (Å²) in [4.78, 5) is 0. The number of halogens is 1. The molecule has 3 aliphatic rings. The molecular formula is C25H37F. The molecule has 0 nitrogen and oxygen atoms in total. The average molecular weight is 357 g/mol. The summed E-state index contributed by atoms with van der Waals surface area (Å²) < 4.78 is 15.3. The summed E-state index contributed by atoms with van der Waals surface area (Å²) in [6.07, 6.45) is 15.5. The molecule has 1 heteroatoms. The zero-order valence-electron chi connectivity index (χ0n) is 16.9. The molecule has 5 atom stereocenters. The summed E-state index contributed by atoms with van der Waals surface area (Å²) in [6, 6.07) is 4.42. The zero-order valence-corrected chi connectivity index (χ0v) is 16.9. The molecule has 0 radical (unpaired) electrons. The maximum Gasteiger partial charge on any atom is 0.130 e. The van der Waals surface area contributed by atoms with E-state index in [1.54, 1.807) is 0 Å². The third kappa shape index (κ3) is 3.73. The number of benzene rings is 1. The summed E-state index contributed by atoms with van der Waals surface area (Å²) >= 11 is 0. The molecule has 1 aromatic carbocycles. The molecule has 0 N–H and O–H groups in total. The largest absolute Gasteiger partial charge is 0.206 e. The van der Waals surface area contributed by atoms with Crippen LogP contribution in [0, 0.1) is 29.5 Å². The van der Waals surface area contributed by atoms with E-state index < -0.39 is 0 Å². The molecule has 0 bridgehead atoms. The fourth-order valence-electron chi connectivity index (χ4n) is 6.35. The highest BCUT2D eigenvalue weighted by Gasteiger charge is 2.37. The van der Waals surface area contributed by atoms with Gasteiger partial charge in [-0.25, -0.2) is 4.39 Å². The highest BCUT2D eigenvalue weighted by molar-refractivity contribution is 5.38. The quantitative estimate of drug-likeness (QED) is 0.526. The Hall–Kier alpha value is -0.850. The predicted molar refractivity (Wildman–Crippen MR) is 108 cm³/mol. The first-order valence-electron chi connectivity index (χ1n) is 11.5. The van der Waals surface area contributed by atoms with Crippen molar-refractivity contribution in [2.24, 2.45) is 23.7 Å². The van der Waals surface area contributed by atoms with Crippen LogP contribution in [0.1, 0.15) is 101 Å². The van der Waals surface area contributed by atoms with Gasteiger partial charge in [0.05, 0.1) is 0 Å². The van der Waals surface area contributed by atoms with Gasteiger partial charge in [0.15, 0.2) is 0 Å². The molecule has 144 valence electrons. The van der Waals surface area contributed by atoms with Crippen LogP contribution in [0.3, 0.4) is 0 Å². The Kier molecular flexibility index (Phi) is 5.72. The topological polar surface area (TPSA) is 0 Å². The van der Waals surface area contributed by atoms with E-state index >= 15 is 4.39 Å². The second kappa shape index (κ2) is 8.03. The van der Waals surface area contributed by atoms with Gasteiger partial charge in [0.2, 0.25) is 0 Å². The summed E-state index contributed by atoms with van der Waals surface area (Å²) in [5, 5.41) is 0. The minimum Gasteiger partial charge on any atom is -0.206 e. The Morgan fingerprint density at radius 2 is 1.81 bits per heavy atom. The lowest BCUT2D eigenvalue weighted by molar-refractivity contribution is 0.112. The highest BCUT2D eigenvalue weighted by Crippen LogP contribution is 2.49. The van der Waals surface area contributed by atoms with E-state index in [0.717, 1.165) is 48.1 Å². The fraction of sp³-hybridized carbons (Fsp3) is 0.760. The van der Waals surface area contributed by atoms with Crippen LogP contribution in [0.15, 0.2) is 12.1 Å². The van der Waals surface area contributed by atoms with Gasteiger partial charge in [0, 0.05) is 0 Å². The van der Waals surface area contributed by atoms with E-state index in [4.69, 9.17) is 0 Å². The maximum absolute atomic E-state index is 15.3. The molecule has 0 amide bonds. The molecule has 2 fully saturated rings. The van der Waals surface area contributed by atoms with E-state index in [9.17, 15) is 0 Å². The van der Waals surface area contributed by atoms with Crippen molar-refractivity contribution in [3.05, 3.63) is 34.6 Å². The van der Waals surface area contributed by atoms with E-state index in [1.165, 1.54) is 63.4 Å². The fourth-order valence-corrected chi connectivity index (χ4v) is 6.35. The Morgan fingerprint density at radius 1 is 1.00 bits per heavy atom. The number of fused-ring (bicyclic) bond motifs is 2. The van der Waals surface area contributed by atoms with Gasteiger partial charge in [0.1, 0.15) is 5.82 Å². The lowest BCUT2D eigenvalue weighted by atomic mass is 9.63. The normalized spacial score (nSPS) is 34.2. The van der Waals surface area contributed by atoms with Gasteiger partial charge in [-0.3, -0.25) is 0 Å². The molecule has 0 heterocycles. The van der Waals surface area contributed by atoms with Crippen molar-refractivity contribution >= 4 is 0 Å².